The average Bonchev–Trinajstić information content (AvgIpc) is 3.43. The summed E-state index contributed by atoms with van der Waals surface area (Å²) >= 11 is 0. The Kier molecular flexibility index (Phi) is 13.9. The number of esters is 1. The summed E-state index contributed by atoms with van der Waals surface area (Å²) in [5.41, 5.74) is -1.53. The molecule has 5 atom stereocenters. The Bertz CT molecular complexity index is 1280. The Balaban J connectivity index is 2.91. The number of hydrogen-bond donors (Lipinski definition) is 4. The van der Waals surface area contributed by atoms with Gasteiger partial charge in [0.2, 0.25) is 11.9 Å². The zero-order chi connectivity index (χ0) is 35.7. The van der Waals surface area contributed by atoms with E-state index in [4.69, 9.17) is 23.9 Å². The molecule has 0 fully saturated rings. The lowest BCUT2D eigenvalue weighted by Crippen LogP contribution is -2.58. The van der Waals surface area contributed by atoms with Crippen molar-refractivity contribution in [2.24, 2.45) is 4.99 Å². The van der Waals surface area contributed by atoms with Crippen LogP contribution in [0.25, 0.3) is 0 Å². The standard InChI is InChI=1S/C31H51N7O9/c1-12-18(13-2)45-22-15-19(26(41)44-11)25(38-16-20(36-37-38)21(40)14-3)24(23(22)32-17(4)39)33-27(34-28(42)46-30(5,6)7)35-29(43)47-31(8,9)10/h15-16,18,21-25,40H,12-14H2,1-11H3,(H,32,39)(H2,33,34,35,42,43)/t21?,22-,23+,24-,25+/m1/s1. The largest absolute Gasteiger partial charge is 0.466 e. The minimum absolute atomic E-state index is 0.0510. The Morgan fingerprint density at radius 3 is 1.98 bits per heavy atom. The van der Waals surface area contributed by atoms with E-state index in [1.807, 2.05) is 13.8 Å². The van der Waals surface area contributed by atoms with Gasteiger partial charge in [0.15, 0.2) is 0 Å². The quantitative estimate of drug-likeness (QED) is 0.124. The molecule has 1 aliphatic rings. The molecule has 0 saturated heterocycles. The lowest BCUT2D eigenvalue weighted by atomic mass is 9.83. The molecule has 0 aliphatic heterocycles. The Labute approximate surface area is 276 Å². The van der Waals surface area contributed by atoms with Crippen LogP contribution >= 0.6 is 0 Å². The zero-order valence-corrected chi connectivity index (χ0v) is 29.2. The highest BCUT2D eigenvalue weighted by molar-refractivity contribution is 6.01. The fourth-order valence-electron chi connectivity index (χ4n) is 4.77. The summed E-state index contributed by atoms with van der Waals surface area (Å²) in [6.45, 7) is 16.9. The van der Waals surface area contributed by atoms with Crippen LogP contribution in [-0.2, 0) is 28.5 Å². The first kappa shape index (κ1) is 39.1. The van der Waals surface area contributed by atoms with Gasteiger partial charge in [0.1, 0.15) is 29.0 Å². The lowest BCUT2D eigenvalue weighted by molar-refractivity contribution is -0.137. The van der Waals surface area contributed by atoms with E-state index < -0.39 is 71.6 Å². The van der Waals surface area contributed by atoms with E-state index in [1.54, 1.807) is 54.5 Å². The van der Waals surface area contributed by atoms with Gasteiger partial charge in [0.25, 0.3) is 0 Å². The Hall–Kier alpha value is -4.05. The monoisotopic (exact) mass is 665 g/mol. The number of guanidine groups is 1. The summed E-state index contributed by atoms with van der Waals surface area (Å²) in [6, 6.07) is -3.32. The summed E-state index contributed by atoms with van der Waals surface area (Å²) < 4.78 is 23.7. The molecule has 0 saturated carbocycles. The second kappa shape index (κ2) is 16.7. The van der Waals surface area contributed by atoms with Crippen LogP contribution in [-0.4, -0.2) is 92.7 Å². The number of amides is 3. The Morgan fingerprint density at radius 1 is 0.979 bits per heavy atom. The van der Waals surface area contributed by atoms with E-state index in [0.29, 0.717) is 19.3 Å². The van der Waals surface area contributed by atoms with Crippen molar-refractivity contribution in [2.75, 3.05) is 7.11 Å². The SMILES string of the molecule is CCC(CC)O[C@@H]1C=C(C(=O)OC)[C@H](n2cc(C(O)CC)nn2)[C@H](N=C(NC(=O)OC(C)(C)C)NC(=O)OC(C)(C)C)[C@H]1NC(C)=O. The third-order valence-electron chi connectivity index (χ3n) is 6.82. The first-order chi connectivity index (χ1) is 21.8. The van der Waals surface area contributed by atoms with Crippen LogP contribution in [0.1, 0.15) is 106 Å². The van der Waals surface area contributed by atoms with Gasteiger partial charge < -0.3 is 29.4 Å². The normalized spacial score (nSPS) is 20.4. The van der Waals surface area contributed by atoms with E-state index in [-0.39, 0.29) is 17.4 Å². The third kappa shape index (κ3) is 11.9. The molecule has 264 valence electrons. The number of nitrogens with one attached hydrogen (secondary N) is 3. The molecule has 16 heteroatoms. The van der Waals surface area contributed by atoms with E-state index in [9.17, 15) is 24.3 Å². The Morgan fingerprint density at radius 2 is 1.53 bits per heavy atom. The summed E-state index contributed by atoms with van der Waals surface area (Å²) in [5, 5.41) is 26.5. The van der Waals surface area contributed by atoms with Crippen molar-refractivity contribution < 1.29 is 43.2 Å². The second-order valence-electron chi connectivity index (χ2n) is 13.1. The molecular weight excluding hydrogens is 614 g/mol. The average molecular weight is 666 g/mol. The fraction of sp³-hybridized carbons (Fsp3) is 0.710. The molecular formula is C31H51N7O9. The minimum Gasteiger partial charge on any atom is -0.466 e. The van der Waals surface area contributed by atoms with Gasteiger partial charge in [0, 0.05) is 6.92 Å². The number of methoxy groups -OCH3 is 1. The van der Waals surface area contributed by atoms with Crippen LogP contribution in [0.4, 0.5) is 9.59 Å². The predicted octanol–water partition coefficient (Wildman–Crippen LogP) is 3.23. The molecule has 4 N–H and O–H groups in total. The van der Waals surface area contributed by atoms with Gasteiger partial charge in [0.05, 0.1) is 43.2 Å². The molecule has 2 rings (SSSR count). The highest BCUT2D eigenvalue weighted by Crippen LogP contribution is 2.35. The maximum absolute atomic E-state index is 13.4. The number of aromatic nitrogens is 3. The summed E-state index contributed by atoms with van der Waals surface area (Å²) in [7, 11) is 1.21. The number of ether oxygens (including phenoxy) is 4. The molecule has 1 heterocycles. The number of aliphatic imine (C=N–C) groups is 1. The van der Waals surface area contributed by atoms with E-state index >= 15 is 0 Å². The van der Waals surface area contributed by atoms with Crippen LogP contribution in [0.2, 0.25) is 0 Å². The lowest BCUT2D eigenvalue weighted by Gasteiger charge is -2.41. The van der Waals surface area contributed by atoms with Gasteiger partial charge in [-0.25, -0.2) is 24.1 Å². The van der Waals surface area contributed by atoms with Crippen molar-refractivity contribution in [3.8, 4) is 0 Å². The first-order valence-electron chi connectivity index (χ1n) is 15.7. The topological polar surface area (TPSA) is 205 Å². The highest BCUT2D eigenvalue weighted by atomic mass is 16.6. The fourth-order valence-corrected chi connectivity index (χ4v) is 4.77. The highest BCUT2D eigenvalue weighted by Gasteiger charge is 2.47. The van der Waals surface area contributed by atoms with Gasteiger partial charge in [-0.15, -0.1) is 5.10 Å². The van der Waals surface area contributed by atoms with Crippen LogP contribution in [0, 0.1) is 0 Å². The molecule has 0 radical (unpaired) electrons. The van der Waals surface area contributed by atoms with Gasteiger partial charge in [-0.2, -0.15) is 0 Å². The van der Waals surface area contributed by atoms with Crippen molar-refractivity contribution >= 4 is 30.0 Å². The predicted molar refractivity (Wildman–Crippen MR) is 171 cm³/mol. The van der Waals surface area contributed by atoms with E-state index in [1.165, 1.54) is 24.9 Å². The molecule has 1 aromatic rings. The molecule has 1 aliphatic carbocycles. The van der Waals surface area contributed by atoms with Crippen molar-refractivity contribution in [1.82, 2.24) is 30.9 Å². The van der Waals surface area contributed by atoms with Crippen LogP contribution in [0.5, 0.6) is 0 Å². The maximum atomic E-state index is 13.4. The molecule has 16 nitrogen and oxygen atoms in total. The number of aliphatic hydroxyl groups excluding tert-OH is 1. The maximum Gasteiger partial charge on any atom is 0.414 e. The van der Waals surface area contributed by atoms with Crippen LogP contribution in [0.3, 0.4) is 0 Å². The number of carbonyl (C=O) groups is 4. The van der Waals surface area contributed by atoms with Gasteiger partial charge >= 0.3 is 18.2 Å². The molecule has 1 unspecified atom stereocenters. The van der Waals surface area contributed by atoms with Crippen molar-refractivity contribution in [1.29, 1.82) is 0 Å². The van der Waals surface area contributed by atoms with E-state index in [0.717, 1.165) is 0 Å². The zero-order valence-electron chi connectivity index (χ0n) is 29.2. The number of carbonyl (C=O) groups excluding carboxylic acids is 4. The van der Waals surface area contributed by atoms with E-state index in [2.05, 4.69) is 26.3 Å². The summed E-state index contributed by atoms with van der Waals surface area (Å²) in [6.07, 6.45) is 0.577. The van der Waals surface area contributed by atoms with Crippen LogP contribution < -0.4 is 16.0 Å². The number of hydrogen-bond acceptors (Lipinski definition) is 12. The molecule has 3 amide bonds. The van der Waals surface area contributed by atoms with Crippen molar-refractivity contribution in [2.45, 2.75) is 136 Å². The molecule has 0 spiro atoms. The first-order valence-corrected chi connectivity index (χ1v) is 15.7. The smallest absolute Gasteiger partial charge is 0.414 e. The van der Waals surface area contributed by atoms with Crippen molar-refractivity contribution in [3.63, 3.8) is 0 Å². The molecule has 0 aromatic carbocycles. The van der Waals surface area contributed by atoms with Gasteiger partial charge in [-0.3, -0.25) is 15.4 Å². The summed E-state index contributed by atoms with van der Waals surface area (Å²) in [4.78, 5) is 56.7. The number of alkyl carbamates (subject to hydrolysis) is 2. The second-order valence-corrected chi connectivity index (χ2v) is 13.1. The van der Waals surface area contributed by atoms with Crippen LogP contribution in [0.15, 0.2) is 22.8 Å². The van der Waals surface area contributed by atoms with Crippen molar-refractivity contribution in [3.05, 3.63) is 23.5 Å². The van der Waals surface area contributed by atoms with Gasteiger partial charge in [-0.1, -0.05) is 26.0 Å². The number of rotatable bonds is 10. The minimum atomic E-state index is -1.20. The number of nitrogens with zero attached hydrogens (tertiary/aromatic N) is 4. The molecule has 1 aromatic heterocycles. The molecule has 47 heavy (non-hydrogen) atoms. The van der Waals surface area contributed by atoms with Gasteiger partial charge in [-0.05, 0) is 66.9 Å². The summed E-state index contributed by atoms with van der Waals surface area (Å²) in [5.74, 6) is -1.59. The molecule has 0 bridgehead atoms. The number of aliphatic hydroxyl groups is 1. The third-order valence-corrected chi connectivity index (χ3v) is 6.82.